The van der Waals surface area contributed by atoms with E-state index in [0.29, 0.717) is 11.7 Å². The van der Waals surface area contributed by atoms with E-state index in [-0.39, 0.29) is 5.70 Å². The number of nitrogens with zero attached hydrogens (tertiary/aromatic N) is 1. The Labute approximate surface area is 122 Å². The fourth-order valence-corrected chi connectivity index (χ4v) is 2.09. The molecule has 0 unspecified atom stereocenters. The van der Waals surface area contributed by atoms with E-state index in [9.17, 15) is 4.79 Å². The maximum absolute atomic E-state index is 11.7. The lowest BCUT2D eigenvalue weighted by molar-refractivity contribution is -0.129. The summed E-state index contributed by atoms with van der Waals surface area (Å²) >= 11 is 2.06. The monoisotopic (exact) mass is 365 g/mol. The minimum absolute atomic E-state index is 0.240. The lowest BCUT2D eigenvalue weighted by Gasteiger charge is -1.97. The molecule has 0 fully saturated rings. The van der Waals surface area contributed by atoms with Crippen molar-refractivity contribution < 1.29 is 13.9 Å². The molecule has 1 aromatic heterocycles. The van der Waals surface area contributed by atoms with Gasteiger partial charge in [-0.1, -0.05) is 18.2 Å². The maximum Gasteiger partial charge on any atom is 0.363 e. The first-order chi connectivity index (χ1) is 9.22. The third-order valence-electron chi connectivity index (χ3n) is 2.51. The van der Waals surface area contributed by atoms with Gasteiger partial charge in [0.2, 0.25) is 5.90 Å². The van der Waals surface area contributed by atoms with Crippen LogP contribution in [0.15, 0.2) is 57.6 Å². The fourth-order valence-electron chi connectivity index (χ4n) is 1.65. The second-order valence-electron chi connectivity index (χ2n) is 3.84. The first kappa shape index (κ1) is 12.2. The molecule has 0 amide bonds. The van der Waals surface area contributed by atoms with Gasteiger partial charge < -0.3 is 9.15 Å². The van der Waals surface area contributed by atoms with Crippen molar-refractivity contribution in [1.29, 1.82) is 0 Å². The van der Waals surface area contributed by atoms with Gasteiger partial charge in [-0.15, -0.1) is 0 Å². The average molecular weight is 365 g/mol. The van der Waals surface area contributed by atoms with Gasteiger partial charge in [0.1, 0.15) is 5.76 Å². The number of carbonyl (C=O) groups is 1. The van der Waals surface area contributed by atoms with Gasteiger partial charge >= 0.3 is 5.97 Å². The molecule has 0 saturated heterocycles. The van der Waals surface area contributed by atoms with Gasteiger partial charge in [-0.05, 0) is 46.9 Å². The molecule has 94 valence electrons. The van der Waals surface area contributed by atoms with Crippen LogP contribution in [0.4, 0.5) is 0 Å². The maximum atomic E-state index is 11.7. The molecular weight excluding hydrogens is 357 g/mol. The number of halogens is 1. The van der Waals surface area contributed by atoms with E-state index in [2.05, 4.69) is 27.6 Å². The van der Waals surface area contributed by atoms with Crippen LogP contribution >= 0.6 is 22.6 Å². The zero-order chi connectivity index (χ0) is 13.2. The number of cyclic esters (lactones) is 1. The Balaban J connectivity index is 1.94. The molecule has 0 saturated carbocycles. The van der Waals surface area contributed by atoms with Crippen LogP contribution in [0.25, 0.3) is 6.08 Å². The predicted molar refractivity (Wildman–Crippen MR) is 78.5 cm³/mol. The standard InChI is InChI=1S/C14H8INO3/c15-12-7-6-10(18-12)8-11-14(17)19-13(16-11)9-4-2-1-3-5-9/h1-8H. The lowest BCUT2D eigenvalue weighted by Crippen LogP contribution is -2.04. The van der Waals surface area contributed by atoms with Crippen molar-refractivity contribution in [2.75, 3.05) is 0 Å². The quantitative estimate of drug-likeness (QED) is 0.467. The van der Waals surface area contributed by atoms with Crippen LogP contribution in [-0.4, -0.2) is 11.9 Å². The van der Waals surface area contributed by atoms with E-state index in [1.807, 2.05) is 36.4 Å². The van der Waals surface area contributed by atoms with Gasteiger partial charge in [0.25, 0.3) is 0 Å². The van der Waals surface area contributed by atoms with Gasteiger partial charge in [-0.3, -0.25) is 0 Å². The van der Waals surface area contributed by atoms with E-state index >= 15 is 0 Å². The Hall–Kier alpha value is -1.89. The molecule has 0 bridgehead atoms. The Morgan fingerprint density at radius 2 is 1.89 bits per heavy atom. The number of ether oxygens (including phenoxy) is 1. The van der Waals surface area contributed by atoms with Gasteiger partial charge in [-0.25, -0.2) is 9.79 Å². The number of furan rings is 1. The SMILES string of the molecule is O=C1OC(c2ccccc2)=NC1=Cc1ccc(I)o1. The van der Waals surface area contributed by atoms with Crippen molar-refractivity contribution in [2.24, 2.45) is 4.99 Å². The fraction of sp³-hybridized carbons (Fsp3) is 0. The number of hydrogen-bond donors (Lipinski definition) is 0. The normalized spacial score (nSPS) is 16.6. The third kappa shape index (κ3) is 2.60. The highest BCUT2D eigenvalue weighted by Gasteiger charge is 2.24. The minimum atomic E-state index is -0.467. The Morgan fingerprint density at radius 1 is 1.11 bits per heavy atom. The Bertz CT molecular complexity index is 686. The summed E-state index contributed by atoms with van der Waals surface area (Å²) in [6.45, 7) is 0. The summed E-state index contributed by atoms with van der Waals surface area (Å²) in [5, 5.41) is 0. The summed E-state index contributed by atoms with van der Waals surface area (Å²) in [4.78, 5) is 15.9. The highest BCUT2D eigenvalue weighted by Crippen LogP contribution is 2.20. The van der Waals surface area contributed by atoms with Crippen molar-refractivity contribution in [1.82, 2.24) is 0 Å². The molecule has 0 spiro atoms. The molecule has 0 N–H and O–H groups in total. The van der Waals surface area contributed by atoms with E-state index in [1.54, 1.807) is 12.1 Å². The van der Waals surface area contributed by atoms with Gasteiger partial charge in [0, 0.05) is 11.6 Å². The molecule has 19 heavy (non-hydrogen) atoms. The topological polar surface area (TPSA) is 51.8 Å². The summed E-state index contributed by atoms with van der Waals surface area (Å²) in [7, 11) is 0. The molecule has 2 aromatic rings. The first-order valence-electron chi connectivity index (χ1n) is 5.56. The van der Waals surface area contributed by atoms with Crippen molar-refractivity contribution in [3.05, 3.63) is 63.3 Å². The Morgan fingerprint density at radius 3 is 2.58 bits per heavy atom. The summed E-state index contributed by atoms with van der Waals surface area (Å²) < 4.78 is 11.3. The third-order valence-corrected chi connectivity index (χ3v) is 3.09. The molecule has 1 aliphatic heterocycles. The number of hydrogen-bond acceptors (Lipinski definition) is 4. The van der Waals surface area contributed by atoms with Crippen LogP contribution in [-0.2, 0) is 9.53 Å². The molecule has 0 atom stereocenters. The smallest absolute Gasteiger partial charge is 0.363 e. The highest BCUT2D eigenvalue weighted by molar-refractivity contribution is 14.1. The average Bonchev–Trinajstić information content (AvgIpc) is 2.98. The zero-order valence-corrected chi connectivity index (χ0v) is 11.8. The molecule has 1 aliphatic rings. The molecule has 1 aromatic carbocycles. The molecule has 3 rings (SSSR count). The highest BCUT2D eigenvalue weighted by atomic mass is 127. The summed E-state index contributed by atoms with van der Waals surface area (Å²) in [5.41, 5.74) is 1.01. The summed E-state index contributed by atoms with van der Waals surface area (Å²) in [6.07, 6.45) is 1.57. The minimum Gasteiger partial charge on any atom is -0.451 e. The summed E-state index contributed by atoms with van der Waals surface area (Å²) in [5.74, 6) is 0.428. The van der Waals surface area contributed by atoms with E-state index in [1.165, 1.54) is 0 Å². The molecular formula is C14H8INO3. The molecule has 0 aliphatic carbocycles. The predicted octanol–water partition coefficient (Wildman–Crippen LogP) is 3.23. The number of carbonyl (C=O) groups excluding carboxylic acids is 1. The van der Waals surface area contributed by atoms with Gasteiger partial charge in [0.05, 0.1) is 0 Å². The lowest BCUT2D eigenvalue weighted by atomic mass is 10.2. The van der Waals surface area contributed by atoms with Gasteiger partial charge in [-0.2, -0.15) is 0 Å². The van der Waals surface area contributed by atoms with Crippen LogP contribution in [0, 0.1) is 3.77 Å². The molecule has 2 heterocycles. The van der Waals surface area contributed by atoms with Crippen molar-refractivity contribution in [3.8, 4) is 0 Å². The number of benzene rings is 1. The molecule has 4 nitrogen and oxygen atoms in total. The van der Waals surface area contributed by atoms with Crippen LogP contribution in [0.3, 0.4) is 0 Å². The van der Waals surface area contributed by atoms with Crippen molar-refractivity contribution in [3.63, 3.8) is 0 Å². The second-order valence-corrected chi connectivity index (χ2v) is 4.91. The Kier molecular flexibility index (Phi) is 3.20. The largest absolute Gasteiger partial charge is 0.451 e. The van der Waals surface area contributed by atoms with Crippen LogP contribution in [0.2, 0.25) is 0 Å². The zero-order valence-electron chi connectivity index (χ0n) is 9.67. The van der Waals surface area contributed by atoms with E-state index < -0.39 is 5.97 Å². The number of rotatable bonds is 2. The van der Waals surface area contributed by atoms with Crippen LogP contribution in [0.1, 0.15) is 11.3 Å². The van der Waals surface area contributed by atoms with Crippen molar-refractivity contribution in [2.45, 2.75) is 0 Å². The second kappa shape index (κ2) is 5.00. The summed E-state index contributed by atoms with van der Waals surface area (Å²) in [6, 6.07) is 12.9. The van der Waals surface area contributed by atoms with Crippen LogP contribution < -0.4 is 0 Å². The van der Waals surface area contributed by atoms with Gasteiger partial charge in [0.15, 0.2) is 9.46 Å². The number of aliphatic imine (C=N–C) groups is 1. The molecule has 0 radical (unpaired) electrons. The van der Waals surface area contributed by atoms with Crippen LogP contribution in [0.5, 0.6) is 0 Å². The van der Waals surface area contributed by atoms with E-state index in [0.717, 1.165) is 9.33 Å². The molecule has 5 heteroatoms. The number of esters is 1. The van der Waals surface area contributed by atoms with E-state index in [4.69, 9.17) is 9.15 Å². The first-order valence-corrected chi connectivity index (χ1v) is 6.63. The van der Waals surface area contributed by atoms with Crippen molar-refractivity contribution >= 4 is 40.5 Å².